The van der Waals surface area contributed by atoms with E-state index in [2.05, 4.69) is 46.1 Å². The molecule has 1 aliphatic rings. The van der Waals surface area contributed by atoms with E-state index < -0.39 is 4.92 Å². The molecule has 1 N–H and O–H groups in total. The number of halogens is 1. The first-order valence-electron chi connectivity index (χ1n) is 8.43. The molecule has 0 saturated heterocycles. The monoisotopic (exact) mass is 437 g/mol. The molecular formula is C18H20BrN3O3S. The highest BCUT2D eigenvalue weighted by Gasteiger charge is 2.30. The van der Waals surface area contributed by atoms with Crippen LogP contribution < -0.4 is 5.32 Å². The van der Waals surface area contributed by atoms with Crippen molar-refractivity contribution in [3.8, 4) is 0 Å². The molecule has 2 atom stereocenters. The van der Waals surface area contributed by atoms with Gasteiger partial charge >= 0.3 is 0 Å². The van der Waals surface area contributed by atoms with E-state index in [0.29, 0.717) is 24.2 Å². The molecule has 0 spiro atoms. The number of amides is 1. The molecule has 0 saturated carbocycles. The van der Waals surface area contributed by atoms with Crippen LogP contribution in [0.5, 0.6) is 0 Å². The smallest absolute Gasteiger partial charge is 0.269 e. The SMILES string of the molecule is C[C@@H]1Cc2sc(Br)cc2[C@H](C)N1CCNC(=O)c1ccc([N+](=O)[O-])cc1. The van der Waals surface area contributed by atoms with Gasteiger partial charge in [0.05, 0.1) is 8.71 Å². The number of nitro benzene ring substituents is 1. The molecule has 138 valence electrons. The van der Waals surface area contributed by atoms with Crippen LogP contribution >= 0.6 is 27.3 Å². The van der Waals surface area contributed by atoms with Gasteiger partial charge in [-0.3, -0.25) is 19.8 Å². The van der Waals surface area contributed by atoms with E-state index in [1.807, 2.05) is 0 Å². The molecule has 0 radical (unpaired) electrons. The Hall–Kier alpha value is -1.77. The van der Waals surface area contributed by atoms with Crippen LogP contribution in [0.1, 0.15) is 40.7 Å². The number of thiophene rings is 1. The number of carbonyl (C=O) groups excluding carboxylic acids is 1. The summed E-state index contributed by atoms with van der Waals surface area (Å²) < 4.78 is 1.16. The lowest BCUT2D eigenvalue weighted by Gasteiger charge is -2.39. The van der Waals surface area contributed by atoms with Crippen LogP contribution in [0, 0.1) is 10.1 Å². The molecule has 26 heavy (non-hydrogen) atoms. The molecule has 3 rings (SSSR count). The molecule has 0 aliphatic carbocycles. The highest BCUT2D eigenvalue weighted by Crippen LogP contribution is 2.39. The van der Waals surface area contributed by atoms with Crippen LogP contribution in [0.2, 0.25) is 0 Å². The minimum Gasteiger partial charge on any atom is -0.351 e. The molecular weight excluding hydrogens is 418 g/mol. The lowest BCUT2D eigenvalue weighted by Crippen LogP contribution is -2.44. The van der Waals surface area contributed by atoms with Crippen LogP contribution in [0.3, 0.4) is 0 Å². The summed E-state index contributed by atoms with van der Waals surface area (Å²) in [4.78, 5) is 26.3. The Morgan fingerprint density at radius 3 is 2.73 bits per heavy atom. The molecule has 0 bridgehead atoms. The van der Waals surface area contributed by atoms with E-state index in [1.54, 1.807) is 11.3 Å². The third-order valence-electron chi connectivity index (χ3n) is 4.80. The molecule has 6 nitrogen and oxygen atoms in total. The molecule has 2 aromatic rings. The number of hydrogen-bond acceptors (Lipinski definition) is 5. The maximum absolute atomic E-state index is 12.2. The Kier molecular flexibility index (Phi) is 5.74. The van der Waals surface area contributed by atoms with Crippen molar-refractivity contribution in [2.75, 3.05) is 13.1 Å². The minimum atomic E-state index is -0.474. The summed E-state index contributed by atoms with van der Waals surface area (Å²) in [6.07, 6.45) is 1.02. The second kappa shape index (κ2) is 7.85. The maximum Gasteiger partial charge on any atom is 0.269 e. The van der Waals surface area contributed by atoms with Crippen LogP contribution in [0.15, 0.2) is 34.1 Å². The van der Waals surface area contributed by atoms with Crippen molar-refractivity contribution < 1.29 is 9.72 Å². The number of hydrogen-bond donors (Lipinski definition) is 1. The number of carbonyl (C=O) groups is 1. The fourth-order valence-electron chi connectivity index (χ4n) is 3.42. The summed E-state index contributed by atoms with van der Waals surface area (Å²) in [6, 6.07) is 8.58. The number of rotatable bonds is 5. The van der Waals surface area contributed by atoms with E-state index in [-0.39, 0.29) is 11.6 Å². The van der Waals surface area contributed by atoms with Gasteiger partial charge in [0.2, 0.25) is 0 Å². The van der Waals surface area contributed by atoms with E-state index in [9.17, 15) is 14.9 Å². The minimum absolute atomic E-state index is 0.0183. The first-order chi connectivity index (χ1) is 12.4. The van der Waals surface area contributed by atoms with Crippen LogP contribution in [0.4, 0.5) is 5.69 Å². The van der Waals surface area contributed by atoms with Gasteiger partial charge in [-0.15, -0.1) is 11.3 Å². The predicted molar refractivity (Wildman–Crippen MR) is 106 cm³/mol. The Bertz CT molecular complexity index is 822. The van der Waals surface area contributed by atoms with E-state index in [1.165, 1.54) is 34.7 Å². The number of fused-ring (bicyclic) bond motifs is 1. The van der Waals surface area contributed by atoms with Crippen LogP contribution in [0.25, 0.3) is 0 Å². The van der Waals surface area contributed by atoms with Gasteiger partial charge < -0.3 is 5.32 Å². The van der Waals surface area contributed by atoms with Crippen molar-refractivity contribution >= 4 is 38.9 Å². The van der Waals surface area contributed by atoms with Crippen molar-refractivity contribution in [1.82, 2.24) is 10.2 Å². The van der Waals surface area contributed by atoms with E-state index in [0.717, 1.165) is 16.8 Å². The van der Waals surface area contributed by atoms with E-state index in [4.69, 9.17) is 0 Å². The summed E-state index contributed by atoms with van der Waals surface area (Å²) in [5.41, 5.74) is 1.77. The highest BCUT2D eigenvalue weighted by atomic mass is 79.9. The predicted octanol–water partition coefficient (Wildman–Crippen LogP) is 4.16. The molecule has 0 fully saturated rings. The van der Waals surface area contributed by atoms with Gasteiger partial charge in [0.25, 0.3) is 11.6 Å². The molecule has 1 aliphatic heterocycles. The second-order valence-corrected chi connectivity index (χ2v) is 8.97. The maximum atomic E-state index is 12.2. The zero-order valence-electron chi connectivity index (χ0n) is 14.6. The third kappa shape index (κ3) is 3.97. The lowest BCUT2D eigenvalue weighted by molar-refractivity contribution is -0.384. The zero-order valence-corrected chi connectivity index (χ0v) is 17.0. The topological polar surface area (TPSA) is 75.5 Å². The third-order valence-corrected chi connectivity index (χ3v) is 6.48. The Labute approximate surface area is 164 Å². The zero-order chi connectivity index (χ0) is 18.8. The molecule has 2 heterocycles. The van der Waals surface area contributed by atoms with Crippen molar-refractivity contribution in [2.24, 2.45) is 0 Å². The van der Waals surface area contributed by atoms with E-state index >= 15 is 0 Å². The van der Waals surface area contributed by atoms with Gasteiger partial charge in [-0.05, 0) is 60.0 Å². The van der Waals surface area contributed by atoms with Crippen LogP contribution in [-0.4, -0.2) is 34.9 Å². The van der Waals surface area contributed by atoms with Crippen molar-refractivity contribution in [1.29, 1.82) is 0 Å². The largest absolute Gasteiger partial charge is 0.351 e. The number of nitro groups is 1. The first kappa shape index (κ1) is 19.0. The van der Waals surface area contributed by atoms with Crippen LogP contribution in [-0.2, 0) is 6.42 Å². The Morgan fingerprint density at radius 1 is 1.38 bits per heavy atom. The Morgan fingerprint density at radius 2 is 2.08 bits per heavy atom. The van der Waals surface area contributed by atoms with Crippen molar-refractivity contribution in [3.05, 3.63) is 60.2 Å². The first-order valence-corrected chi connectivity index (χ1v) is 10.0. The van der Waals surface area contributed by atoms with Gasteiger partial charge in [0.1, 0.15) is 0 Å². The Balaban J connectivity index is 1.57. The molecule has 1 aromatic heterocycles. The molecule has 8 heteroatoms. The fraction of sp³-hybridized carbons (Fsp3) is 0.389. The molecule has 1 amide bonds. The normalized spacial score (nSPS) is 19.8. The summed E-state index contributed by atoms with van der Waals surface area (Å²) in [5.74, 6) is -0.212. The fourth-order valence-corrected chi connectivity index (χ4v) is 5.34. The number of benzene rings is 1. The van der Waals surface area contributed by atoms with Gasteiger partial charge in [0.15, 0.2) is 0 Å². The van der Waals surface area contributed by atoms with Gasteiger partial charge in [-0.1, -0.05) is 0 Å². The average molecular weight is 438 g/mol. The summed E-state index contributed by atoms with van der Waals surface area (Å²) in [7, 11) is 0. The summed E-state index contributed by atoms with van der Waals surface area (Å²) >= 11 is 5.37. The standard InChI is InChI=1S/C18H20BrN3O3S/c1-11-9-16-15(10-17(19)26-16)12(2)21(11)8-7-20-18(23)13-3-5-14(6-4-13)22(24)25/h3-6,10-12H,7-9H2,1-2H3,(H,20,23)/t11-,12+/m1/s1. The number of nitrogens with one attached hydrogen (secondary N) is 1. The lowest BCUT2D eigenvalue weighted by atomic mass is 9.96. The summed E-state index contributed by atoms with van der Waals surface area (Å²) in [6.45, 7) is 5.70. The van der Waals surface area contributed by atoms with Gasteiger partial charge in [0, 0.05) is 47.7 Å². The highest BCUT2D eigenvalue weighted by molar-refractivity contribution is 9.11. The molecule has 1 aromatic carbocycles. The van der Waals surface area contributed by atoms with Crippen molar-refractivity contribution in [2.45, 2.75) is 32.4 Å². The number of non-ortho nitro benzene ring substituents is 1. The van der Waals surface area contributed by atoms with Gasteiger partial charge in [-0.25, -0.2) is 0 Å². The quantitative estimate of drug-likeness (QED) is 0.562. The molecule has 0 unspecified atom stereocenters. The second-order valence-electron chi connectivity index (χ2n) is 6.46. The summed E-state index contributed by atoms with van der Waals surface area (Å²) in [5, 5.41) is 13.6. The average Bonchev–Trinajstić information content (AvgIpc) is 2.98. The van der Waals surface area contributed by atoms with Crippen molar-refractivity contribution in [3.63, 3.8) is 0 Å². The van der Waals surface area contributed by atoms with Gasteiger partial charge in [-0.2, -0.15) is 0 Å². The number of nitrogens with zero attached hydrogens (tertiary/aromatic N) is 2.